The number of carbonyl (C=O) groups is 2. The van der Waals surface area contributed by atoms with Crippen LogP contribution in [-0.2, 0) is 11.0 Å². The minimum atomic E-state index is -4.94. The molecule has 0 saturated carbocycles. The predicted molar refractivity (Wildman–Crippen MR) is 92.3 cm³/mol. The molecule has 13 heteroatoms. The molecule has 2 heterocycles. The third-order valence-corrected chi connectivity index (χ3v) is 3.72. The first-order valence-corrected chi connectivity index (χ1v) is 7.52. The molecule has 154 valence electrons. The summed E-state index contributed by atoms with van der Waals surface area (Å²) in [6, 6.07) is 3.15. The molecule has 0 atom stereocenters. The molecule has 0 unspecified atom stereocenters. The highest BCUT2D eigenvalue weighted by molar-refractivity contribution is 6.04. The highest BCUT2D eigenvalue weighted by Crippen LogP contribution is 2.35. The predicted octanol–water partition coefficient (Wildman–Crippen LogP) is 2.50. The summed E-state index contributed by atoms with van der Waals surface area (Å²) in [5.74, 6) is -4.44. The first-order chi connectivity index (χ1) is 13.1. The number of halogens is 5. The summed E-state index contributed by atoms with van der Waals surface area (Å²) < 4.78 is 53.4. The van der Waals surface area contributed by atoms with Gasteiger partial charge in [0.1, 0.15) is 30.0 Å². The number of pyridine rings is 1. The Morgan fingerprint density at radius 3 is 2.52 bits per heavy atom. The Morgan fingerprint density at radius 1 is 1.21 bits per heavy atom. The lowest BCUT2D eigenvalue weighted by Crippen LogP contribution is -2.29. The number of alkyl halides is 3. The van der Waals surface area contributed by atoms with Crippen molar-refractivity contribution in [2.75, 3.05) is 6.54 Å². The molecule has 0 fully saturated rings. The number of hydrogen-bond donors (Lipinski definition) is 3. The van der Waals surface area contributed by atoms with Crippen LogP contribution in [0, 0.1) is 5.82 Å². The molecule has 0 spiro atoms. The van der Waals surface area contributed by atoms with Crippen molar-refractivity contribution < 1.29 is 37.4 Å². The molecule has 0 aliphatic rings. The van der Waals surface area contributed by atoms with Gasteiger partial charge in [0.15, 0.2) is 5.65 Å². The highest BCUT2D eigenvalue weighted by atomic mass is 35.5. The number of carboxylic acid groups (broad SMARTS) is 1. The summed E-state index contributed by atoms with van der Waals surface area (Å²) >= 11 is 0. The molecule has 1 aromatic carbocycles. The smallest absolute Gasteiger partial charge is 0.419 e. The SMILES string of the molecule is Cl.O=C(O)CNC(=O)c1c(O)cc(-c2ccc(F)c(C(F)(F)F)c2)n2ncnc12. The van der Waals surface area contributed by atoms with E-state index in [0.29, 0.717) is 12.1 Å². The Balaban J connectivity index is 0.00000300. The van der Waals surface area contributed by atoms with Gasteiger partial charge in [0.25, 0.3) is 5.91 Å². The van der Waals surface area contributed by atoms with Crippen molar-refractivity contribution in [1.82, 2.24) is 19.9 Å². The van der Waals surface area contributed by atoms with E-state index in [1.54, 1.807) is 0 Å². The van der Waals surface area contributed by atoms with Crippen molar-refractivity contribution in [2.45, 2.75) is 6.18 Å². The highest BCUT2D eigenvalue weighted by Gasteiger charge is 2.34. The average molecular weight is 435 g/mol. The third kappa shape index (κ3) is 4.21. The van der Waals surface area contributed by atoms with Crippen LogP contribution in [-0.4, -0.2) is 43.2 Å². The van der Waals surface area contributed by atoms with Gasteiger partial charge in [-0.25, -0.2) is 13.9 Å². The summed E-state index contributed by atoms with van der Waals surface area (Å²) in [4.78, 5) is 26.5. The summed E-state index contributed by atoms with van der Waals surface area (Å²) in [7, 11) is 0. The van der Waals surface area contributed by atoms with E-state index in [1.807, 2.05) is 5.32 Å². The molecule has 29 heavy (non-hydrogen) atoms. The number of amides is 1. The molecular formula is C16H11ClF4N4O4. The zero-order valence-corrected chi connectivity index (χ0v) is 14.9. The Morgan fingerprint density at radius 2 is 1.90 bits per heavy atom. The van der Waals surface area contributed by atoms with Gasteiger partial charge in [0, 0.05) is 11.6 Å². The van der Waals surface area contributed by atoms with Crippen molar-refractivity contribution in [1.29, 1.82) is 0 Å². The van der Waals surface area contributed by atoms with Crippen molar-refractivity contribution >= 4 is 29.9 Å². The largest absolute Gasteiger partial charge is 0.507 e. The van der Waals surface area contributed by atoms with Crippen LogP contribution in [0.3, 0.4) is 0 Å². The Bertz CT molecular complexity index is 1100. The van der Waals surface area contributed by atoms with Crippen LogP contribution in [0.4, 0.5) is 17.6 Å². The quantitative estimate of drug-likeness (QED) is 0.543. The van der Waals surface area contributed by atoms with E-state index in [2.05, 4.69) is 10.1 Å². The first kappa shape index (κ1) is 21.9. The zero-order chi connectivity index (χ0) is 20.6. The molecule has 3 rings (SSSR count). The lowest BCUT2D eigenvalue weighted by atomic mass is 10.0. The van der Waals surface area contributed by atoms with Gasteiger partial charge >= 0.3 is 12.1 Å². The maximum Gasteiger partial charge on any atom is 0.419 e. The van der Waals surface area contributed by atoms with E-state index in [4.69, 9.17) is 5.11 Å². The molecular weight excluding hydrogens is 424 g/mol. The minimum Gasteiger partial charge on any atom is -0.507 e. The zero-order valence-electron chi connectivity index (χ0n) is 14.1. The number of aromatic hydroxyl groups is 1. The van der Waals surface area contributed by atoms with Crippen LogP contribution in [0.2, 0.25) is 0 Å². The summed E-state index contributed by atoms with van der Waals surface area (Å²) in [5, 5.41) is 24.7. The number of hydrogen-bond acceptors (Lipinski definition) is 5. The van der Waals surface area contributed by atoms with Gasteiger partial charge in [-0.05, 0) is 18.2 Å². The van der Waals surface area contributed by atoms with Crippen LogP contribution in [0.1, 0.15) is 15.9 Å². The van der Waals surface area contributed by atoms with Gasteiger partial charge < -0.3 is 15.5 Å². The van der Waals surface area contributed by atoms with Crippen LogP contribution < -0.4 is 5.32 Å². The molecule has 3 N–H and O–H groups in total. The van der Waals surface area contributed by atoms with Gasteiger partial charge in [-0.15, -0.1) is 12.4 Å². The number of carboxylic acids is 1. The second-order valence-electron chi connectivity index (χ2n) is 5.55. The topological polar surface area (TPSA) is 117 Å². The van der Waals surface area contributed by atoms with Crippen LogP contribution in [0.5, 0.6) is 5.75 Å². The Kier molecular flexibility index (Phi) is 5.97. The fourth-order valence-corrected chi connectivity index (χ4v) is 2.54. The third-order valence-electron chi connectivity index (χ3n) is 3.72. The number of aliphatic carboxylic acids is 1. The number of benzene rings is 1. The lowest BCUT2D eigenvalue weighted by molar-refractivity contribution is -0.140. The van der Waals surface area contributed by atoms with E-state index < -0.39 is 47.3 Å². The molecule has 3 aromatic rings. The van der Waals surface area contributed by atoms with Crippen LogP contribution in [0.15, 0.2) is 30.6 Å². The van der Waals surface area contributed by atoms with Gasteiger partial charge in [-0.2, -0.15) is 18.3 Å². The van der Waals surface area contributed by atoms with Gasteiger partial charge in [0.2, 0.25) is 0 Å². The number of aromatic nitrogens is 3. The van der Waals surface area contributed by atoms with Gasteiger partial charge in [-0.3, -0.25) is 9.59 Å². The van der Waals surface area contributed by atoms with E-state index >= 15 is 0 Å². The van der Waals surface area contributed by atoms with E-state index in [1.165, 1.54) is 0 Å². The lowest BCUT2D eigenvalue weighted by Gasteiger charge is -2.13. The van der Waals surface area contributed by atoms with E-state index in [9.17, 15) is 32.3 Å². The molecule has 0 bridgehead atoms. The molecule has 0 radical (unpaired) electrons. The number of nitrogens with one attached hydrogen (secondary N) is 1. The number of rotatable bonds is 4. The summed E-state index contributed by atoms with van der Waals surface area (Å²) in [5.41, 5.74) is -2.39. The molecule has 0 saturated heterocycles. The maximum atomic E-state index is 13.5. The fraction of sp³-hybridized carbons (Fsp3) is 0.125. The minimum absolute atomic E-state index is 0. The van der Waals surface area contributed by atoms with Crippen molar-refractivity contribution in [3.8, 4) is 17.0 Å². The van der Waals surface area contributed by atoms with Gasteiger partial charge in [0.05, 0.1) is 11.3 Å². The average Bonchev–Trinajstić information content (AvgIpc) is 3.07. The van der Waals surface area contributed by atoms with Crippen molar-refractivity contribution in [3.05, 3.63) is 47.5 Å². The van der Waals surface area contributed by atoms with Crippen molar-refractivity contribution in [2.24, 2.45) is 0 Å². The monoisotopic (exact) mass is 434 g/mol. The normalized spacial score (nSPS) is 11.2. The molecule has 8 nitrogen and oxygen atoms in total. The molecule has 0 aliphatic carbocycles. The summed E-state index contributed by atoms with van der Waals surface area (Å²) in [6.07, 6.45) is -3.96. The summed E-state index contributed by atoms with van der Waals surface area (Å²) in [6.45, 7) is -0.729. The van der Waals surface area contributed by atoms with Crippen LogP contribution in [0.25, 0.3) is 16.9 Å². The Hall–Kier alpha value is -3.41. The first-order valence-electron chi connectivity index (χ1n) is 7.52. The molecule has 0 aliphatic heterocycles. The molecule has 1 amide bonds. The molecule has 2 aromatic heterocycles. The van der Waals surface area contributed by atoms with E-state index in [-0.39, 0.29) is 29.3 Å². The fourth-order valence-electron chi connectivity index (χ4n) is 2.54. The second kappa shape index (κ2) is 7.91. The van der Waals surface area contributed by atoms with Crippen LogP contribution >= 0.6 is 12.4 Å². The number of fused-ring (bicyclic) bond motifs is 1. The maximum absolute atomic E-state index is 13.5. The second-order valence-corrected chi connectivity index (χ2v) is 5.55. The van der Waals surface area contributed by atoms with Crippen molar-refractivity contribution in [3.63, 3.8) is 0 Å². The number of nitrogens with zero attached hydrogens (tertiary/aromatic N) is 3. The van der Waals surface area contributed by atoms with Gasteiger partial charge in [-0.1, -0.05) is 0 Å². The van der Waals surface area contributed by atoms with E-state index in [0.717, 1.165) is 23.0 Å². The standard InChI is InChI=1S/C16H10F4N4O4.ClH/c17-9-2-1-7(3-8(9)16(18,19)20)10-4-11(25)13(14-22-6-23-24(10)14)15(28)21-5-12(26)27;/h1-4,6,25H,5H2,(H,21,28)(H,26,27);1H. The Labute approximate surface area is 165 Å². The number of carbonyl (C=O) groups excluding carboxylic acids is 1.